The monoisotopic (exact) mass is 380 g/mol. The largest absolute Gasteiger partial charge is 0.480 e. The lowest BCUT2D eigenvalue weighted by atomic mass is 9.80. The number of fused-ring (bicyclic) bond motifs is 5. The van der Waals surface area contributed by atoms with Crippen LogP contribution in [0.25, 0.3) is 0 Å². The number of esters is 1. The van der Waals surface area contributed by atoms with Gasteiger partial charge in [-0.3, -0.25) is 24.5 Å². The quantitative estimate of drug-likeness (QED) is 0.346. The van der Waals surface area contributed by atoms with Crippen molar-refractivity contribution in [3.05, 3.63) is 48.4 Å². The molecule has 0 fully saturated rings. The number of carboxylic acid groups (broad SMARTS) is 1. The number of hydrogen-bond donors (Lipinski definition) is 2. The number of thiazole rings is 1. The smallest absolute Gasteiger partial charge is 0.317 e. The number of benzene rings is 1. The third-order valence-electron chi connectivity index (χ3n) is 4.12. The molecule has 4 rings (SSSR count). The van der Waals surface area contributed by atoms with E-state index in [9.17, 15) is 29.6 Å². The van der Waals surface area contributed by atoms with Crippen molar-refractivity contribution in [2.45, 2.75) is 16.2 Å². The van der Waals surface area contributed by atoms with Gasteiger partial charge in [-0.05, 0) is 6.07 Å². The molecule has 0 saturated heterocycles. The summed E-state index contributed by atoms with van der Waals surface area (Å²) in [6.45, 7) is 0. The van der Waals surface area contributed by atoms with Gasteiger partial charge in [-0.1, -0.05) is 23.1 Å². The molecule has 2 aliphatic rings. The van der Waals surface area contributed by atoms with Crippen molar-refractivity contribution in [2.24, 2.45) is 5.92 Å². The minimum Gasteiger partial charge on any atom is -0.480 e. The Bertz CT molecular complexity index is 995. The number of carboxylic acids is 1. The molecule has 0 amide bonds. The van der Waals surface area contributed by atoms with Crippen molar-refractivity contribution in [1.82, 2.24) is 4.98 Å². The Morgan fingerprint density at radius 2 is 2.12 bits per heavy atom. The molecule has 0 aliphatic carbocycles. The van der Waals surface area contributed by atoms with Crippen LogP contribution in [0.3, 0.4) is 0 Å². The van der Waals surface area contributed by atoms with Gasteiger partial charge < -0.3 is 14.8 Å². The highest BCUT2D eigenvalue weighted by molar-refractivity contribution is 8.00. The molecule has 0 spiro atoms. The van der Waals surface area contributed by atoms with E-state index < -0.39 is 33.9 Å². The first kappa shape index (κ1) is 15.8. The number of H-pyrrole nitrogens is 1. The molecule has 2 aromatic rings. The van der Waals surface area contributed by atoms with Crippen molar-refractivity contribution in [3.8, 4) is 5.75 Å². The predicted octanol–water partition coefficient (Wildman–Crippen LogP) is 1.57. The molecule has 2 N–H and O–H groups in total. The maximum atomic E-state index is 12.4. The van der Waals surface area contributed by atoms with Gasteiger partial charge in [0.25, 0.3) is 5.69 Å². The van der Waals surface area contributed by atoms with E-state index in [1.54, 1.807) is 0 Å². The second kappa shape index (κ2) is 5.43. The van der Waals surface area contributed by atoms with E-state index in [1.165, 1.54) is 18.2 Å². The van der Waals surface area contributed by atoms with Crippen LogP contribution in [0.4, 0.5) is 5.69 Å². The van der Waals surface area contributed by atoms with Gasteiger partial charge in [-0.2, -0.15) is 0 Å². The lowest BCUT2D eigenvalue weighted by molar-refractivity contribution is -0.385. The van der Waals surface area contributed by atoms with Gasteiger partial charge >= 0.3 is 16.8 Å². The fourth-order valence-corrected chi connectivity index (χ4v) is 5.51. The first-order valence-corrected chi connectivity index (χ1v) is 8.69. The molecule has 11 heteroatoms. The Hall–Kier alpha value is -2.66. The van der Waals surface area contributed by atoms with E-state index >= 15 is 0 Å². The molecule has 9 nitrogen and oxygen atoms in total. The molecule has 128 valence electrons. The van der Waals surface area contributed by atoms with Gasteiger partial charge in [0, 0.05) is 28.5 Å². The zero-order valence-corrected chi connectivity index (χ0v) is 13.8. The molecular formula is C14H8N2O7S2. The SMILES string of the molecule is O=C1Oc2ccc([N+](=O)[O-])cc2[C@H]2c3sc(=O)[nH]c3S[C@@H](C(=O)O)[C@H]12. The highest BCUT2D eigenvalue weighted by Gasteiger charge is 2.52. The molecule has 25 heavy (non-hydrogen) atoms. The lowest BCUT2D eigenvalue weighted by Crippen LogP contribution is -2.44. The van der Waals surface area contributed by atoms with E-state index in [0.29, 0.717) is 15.5 Å². The first-order chi connectivity index (χ1) is 11.9. The van der Waals surface area contributed by atoms with E-state index in [-0.39, 0.29) is 16.3 Å². The number of carbonyl (C=O) groups excluding carboxylic acids is 1. The third-order valence-corrected chi connectivity index (χ3v) is 6.52. The van der Waals surface area contributed by atoms with Crippen LogP contribution in [-0.4, -0.2) is 32.2 Å². The van der Waals surface area contributed by atoms with Crippen LogP contribution in [0.5, 0.6) is 5.75 Å². The molecule has 0 saturated carbocycles. The molecule has 1 aromatic carbocycles. The van der Waals surface area contributed by atoms with Gasteiger partial charge in [0.15, 0.2) is 0 Å². The number of aromatic amines is 1. The number of hydrogen-bond acceptors (Lipinski definition) is 8. The Kier molecular flexibility index (Phi) is 3.44. The first-order valence-electron chi connectivity index (χ1n) is 6.99. The number of carbonyl (C=O) groups is 2. The van der Waals surface area contributed by atoms with E-state index in [1.807, 2.05) is 0 Å². The average molecular weight is 380 g/mol. The highest BCUT2D eigenvalue weighted by atomic mass is 32.2. The summed E-state index contributed by atoms with van der Waals surface area (Å²) < 4.78 is 5.22. The lowest BCUT2D eigenvalue weighted by Gasteiger charge is -2.37. The molecule has 2 aliphatic heterocycles. The summed E-state index contributed by atoms with van der Waals surface area (Å²) in [5, 5.41) is 19.8. The summed E-state index contributed by atoms with van der Waals surface area (Å²) in [5.74, 6) is -3.66. The molecule has 3 atom stereocenters. The summed E-state index contributed by atoms with van der Waals surface area (Å²) in [5.41, 5.74) is 0.131. The van der Waals surface area contributed by atoms with Crippen molar-refractivity contribution in [3.63, 3.8) is 0 Å². The number of nitrogens with zero attached hydrogens (tertiary/aromatic N) is 1. The van der Waals surface area contributed by atoms with Crippen LogP contribution in [-0.2, 0) is 9.59 Å². The van der Waals surface area contributed by atoms with E-state index in [2.05, 4.69) is 4.98 Å². The number of nitrogens with one attached hydrogen (secondary N) is 1. The topological polar surface area (TPSA) is 140 Å². The second-order valence-corrected chi connectivity index (χ2v) is 7.65. The fraction of sp³-hybridized carbons (Fsp3) is 0.214. The van der Waals surface area contributed by atoms with E-state index in [4.69, 9.17) is 4.74 Å². The zero-order valence-electron chi connectivity index (χ0n) is 12.1. The molecule has 0 unspecified atom stereocenters. The number of aromatic nitrogens is 1. The van der Waals surface area contributed by atoms with Crippen molar-refractivity contribution >= 4 is 40.7 Å². The number of non-ortho nitro benzene ring substituents is 1. The van der Waals surface area contributed by atoms with Crippen LogP contribution in [0.1, 0.15) is 16.4 Å². The number of nitro groups is 1. The van der Waals surface area contributed by atoms with Gasteiger partial charge in [-0.15, -0.1) is 0 Å². The standard InChI is InChI=1S/C14H8N2O7S2/c17-12(18)10-8-7(9-11(24-10)15-14(20)25-9)5-3-4(16(21)22)1-2-6(5)23-13(8)19/h1-3,7-8,10H,(H,15,20)(H,17,18)/t7-,8-,10-/m1/s1. The Labute approximate surface area is 146 Å². The van der Waals surface area contributed by atoms with Crippen LogP contribution in [0.2, 0.25) is 0 Å². The zero-order chi connectivity index (χ0) is 17.9. The third kappa shape index (κ3) is 2.35. The van der Waals surface area contributed by atoms with Gasteiger partial charge in [0.05, 0.1) is 15.9 Å². The normalized spacial score (nSPS) is 23.8. The second-order valence-electron chi connectivity index (χ2n) is 5.49. The summed E-state index contributed by atoms with van der Waals surface area (Å²) in [6.07, 6.45) is 0. The van der Waals surface area contributed by atoms with Crippen LogP contribution in [0, 0.1) is 16.0 Å². The summed E-state index contributed by atoms with van der Waals surface area (Å²) in [4.78, 5) is 49.0. The molecule has 1 aromatic heterocycles. The Balaban J connectivity index is 1.98. The molecular weight excluding hydrogens is 372 g/mol. The minimum absolute atomic E-state index is 0.139. The summed E-state index contributed by atoms with van der Waals surface area (Å²) >= 11 is 1.75. The summed E-state index contributed by atoms with van der Waals surface area (Å²) in [6, 6.07) is 3.79. The number of rotatable bonds is 2. The van der Waals surface area contributed by atoms with Crippen molar-refractivity contribution < 1.29 is 24.4 Å². The maximum Gasteiger partial charge on any atom is 0.317 e. The molecule has 0 bridgehead atoms. The number of ether oxygens (including phenoxy) is 1. The minimum atomic E-state index is -1.22. The maximum absolute atomic E-state index is 12.4. The predicted molar refractivity (Wildman–Crippen MR) is 86.3 cm³/mol. The van der Waals surface area contributed by atoms with Crippen LogP contribution >= 0.6 is 23.1 Å². The number of nitro benzene ring substituents is 1. The van der Waals surface area contributed by atoms with E-state index in [0.717, 1.165) is 23.1 Å². The molecule has 0 radical (unpaired) electrons. The highest BCUT2D eigenvalue weighted by Crippen LogP contribution is 2.53. The van der Waals surface area contributed by atoms with Gasteiger partial charge in [0.1, 0.15) is 11.0 Å². The Morgan fingerprint density at radius 1 is 1.36 bits per heavy atom. The van der Waals surface area contributed by atoms with Crippen molar-refractivity contribution in [1.29, 1.82) is 0 Å². The molecule has 3 heterocycles. The van der Waals surface area contributed by atoms with Crippen LogP contribution in [0.15, 0.2) is 28.0 Å². The van der Waals surface area contributed by atoms with Gasteiger partial charge in [-0.25, -0.2) is 0 Å². The average Bonchev–Trinajstić information content (AvgIpc) is 2.93. The van der Waals surface area contributed by atoms with Gasteiger partial charge in [0.2, 0.25) is 0 Å². The fourth-order valence-electron chi connectivity index (χ4n) is 3.12. The van der Waals surface area contributed by atoms with Crippen LogP contribution < -0.4 is 9.61 Å². The Morgan fingerprint density at radius 3 is 2.80 bits per heavy atom. The summed E-state index contributed by atoms with van der Waals surface area (Å²) in [7, 11) is 0. The van der Waals surface area contributed by atoms with Crippen molar-refractivity contribution in [2.75, 3.05) is 0 Å². The number of aliphatic carboxylic acids is 1. The number of thioether (sulfide) groups is 1.